The topological polar surface area (TPSA) is 49.6 Å². The monoisotopic (exact) mass is 227 g/mol. The third kappa shape index (κ3) is 3.76. The van der Waals surface area contributed by atoms with Gasteiger partial charge in [-0.2, -0.15) is 0 Å². The molecule has 0 radical (unpaired) electrons. The number of carbonyl (C=O) groups is 1. The van der Waals surface area contributed by atoms with Gasteiger partial charge in [0.25, 0.3) is 0 Å². The number of rotatable bonds is 4. The van der Waals surface area contributed by atoms with Crippen LogP contribution in [-0.4, -0.2) is 55.0 Å². The van der Waals surface area contributed by atoms with E-state index in [9.17, 15) is 4.79 Å². The fraction of sp³-hybridized carbons (Fsp3) is 0.917. The van der Waals surface area contributed by atoms with Crippen LogP contribution in [0, 0.1) is 5.92 Å². The lowest BCUT2D eigenvalue weighted by molar-refractivity contribution is -0.132. The highest BCUT2D eigenvalue weighted by Crippen LogP contribution is 2.15. The summed E-state index contributed by atoms with van der Waals surface area (Å²) in [6, 6.07) is 0.286. The van der Waals surface area contributed by atoms with Gasteiger partial charge < -0.3 is 10.6 Å². The number of hydrogen-bond acceptors (Lipinski definition) is 3. The lowest BCUT2D eigenvalue weighted by atomic mass is 9.97. The van der Waals surface area contributed by atoms with E-state index in [-0.39, 0.29) is 11.9 Å². The number of piperidine rings is 1. The van der Waals surface area contributed by atoms with E-state index in [2.05, 4.69) is 4.90 Å². The van der Waals surface area contributed by atoms with Crippen molar-refractivity contribution in [3.05, 3.63) is 0 Å². The van der Waals surface area contributed by atoms with Crippen molar-refractivity contribution in [3.63, 3.8) is 0 Å². The Morgan fingerprint density at radius 1 is 1.44 bits per heavy atom. The van der Waals surface area contributed by atoms with Gasteiger partial charge in [0.05, 0.1) is 6.54 Å². The van der Waals surface area contributed by atoms with E-state index >= 15 is 0 Å². The summed E-state index contributed by atoms with van der Waals surface area (Å²) in [5.41, 5.74) is 5.64. The van der Waals surface area contributed by atoms with Gasteiger partial charge in [-0.15, -0.1) is 0 Å². The summed E-state index contributed by atoms with van der Waals surface area (Å²) in [6.45, 7) is 7.45. The van der Waals surface area contributed by atoms with Crippen LogP contribution in [0.3, 0.4) is 0 Å². The number of amides is 1. The quantitative estimate of drug-likeness (QED) is 0.762. The predicted octanol–water partition coefficient (Wildman–Crippen LogP) is 0.524. The molecule has 0 bridgehead atoms. The number of likely N-dealkylation sites (N-methyl/N-ethyl adjacent to an activating group) is 1. The summed E-state index contributed by atoms with van der Waals surface area (Å²) in [5, 5.41) is 0. The first-order valence-corrected chi connectivity index (χ1v) is 6.22. The molecule has 16 heavy (non-hydrogen) atoms. The van der Waals surface area contributed by atoms with Crippen molar-refractivity contribution < 1.29 is 4.79 Å². The van der Waals surface area contributed by atoms with Crippen molar-refractivity contribution in [2.45, 2.75) is 32.7 Å². The zero-order valence-corrected chi connectivity index (χ0v) is 10.8. The van der Waals surface area contributed by atoms with E-state index in [1.54, 1.807) is 0 Å². The fourth-order valence-corrected chi connectivity index (χ4v) is 1.97. The number of likely N-dealkylation sites (tertiary alicyclic amines) is 1. The van der Waals surface area contributed by atoms with E-state index in [0.29, 0.717) is 12.5 Å². The zero-order valence-electron chi connectivity index (χ0n) is 10.8. The molecule has 0 atom stereocenters. The molecule has 1 aliphatic heterocycles. The zero-order chi connectivity index (χ0) is 12.1. The second-order valence-corrected chi connectivity index (χ2v) is 5.05. The van der Waals surface area contributed by atoms with Gasteiger partial charge in [0.15, 0.2) is 0 Å². The van der Waals surface area contributed by atoms with E-state index in [1.165, 1.54) is 0 Å². The first-order valence-electron chi connectivity index (χ1n) is 6.22. The number of carbonyl (C=O) groups excluding carboxylic acids is 1. The van der Waals surface area contributed by atoms with E-state index in [1.807, 2.05) is 25.8 Å². The highest BCUT2D eigenvalue weighted by Gasteiger charge is 2.21. The Hall–Kier alpha value is -0.610. The number of nitrogens with two attached hydrogens (primary N) is 1. The lowest BCUT2D eigenvalue weighted by Gasteiger charge is -2.32. The molecule has 1 amide bonds. The molecule has 1 rings (SSSR count). The number of nitrogens with zero attached hydrogens (tertiary/aromatic N) is 2. The van der Waals surface area contributed by atoms with Crippen molar-refractivity contribution in [1.82, 2.24) is 9.80 Å². The first kappa shape index (κ1) is 13.5. The molecule has 1 saturated heterocycles. The van der Waals surface area contributed by atoms with E-state index in [4.69, 9.17) is 5.73 Å². The molecule has 0 aromatic heterocycles. The Morgan fingerprint density at radius 2 is 2.00 bits per heavy atom. The predicted molar refractivity (Wildman–Crippen MR) is 66.1 cm³/mol. The minimum Gasteiger partial charge on any atom is -0.342 e. The normalized spacial score (nSPS) is 19.1. The van der Waals surface area contributed by atoms with Gasteiger partial charge in [0.2, 0.25) is 5.91 Å². The minimum atomic E-state index is 0.223. The van der Waals surface area contributed by atoms with Gasteiger partial charge >= 0.3 is 0 Å². The van der Waals surface area contributed by atoms with Gasteiger partial charge in [-0.3, -0.25) is 9.69 Å². The Morgan fingerprint density at radius 3 is 2.44 bits per heavy atom. The SMILES string of the molecule is CC(C)N(C)C(=O)CN1CCC(CN)CC1. The molecule has 2 N–H and O–H groups in total. The van der Waals surface area contributed by atoms with Crippen LogP contribution in [0.2, 0.25) is 0 Å². The molecule has 0 spiro atoms. The fourth-order valence-electron chi connectivity index (χ4n) is 1.97. The molecule has 1 aliphatic rings. The molecule has 0 aliphatic carbocycles. The van der Waals surface area contributed by atoms with Gasteiger partial charge in [-0.1, -0.05) is 0 Å². The number of hydrogen-bond donors (Lipinski definition) is 1. The second kappa shape index (κ2) is 6.21. The van der Waals surface area contributed by atoms with E-state index < -0.39 is 0 Å². The van der Waals surface area contributed by atoms with Crippen molar-refractivity contribution in [1.29, 1.82) is 0 Å². The largest absolute Gasteiger partial charge is 0.342 e. The summed E-state index contributed by atoms with van der Waals surface area (Å²) in [6.07, 6.45) is 2.27. The van der Waals surface area contributed by atoms with Crippen molar-refractivity contribution in [2.24, 2.45) is 11.7 Å². The highest BCUT2D eigenvalue weighted by atomic mass is 16.2. The molecule has 4 nitrogen and oxygen atoms in total. The summed E-state index contributed by atoms with van der Waals surface area (Å²) >= 11 is 0. The van der Waals surface area contributed by atoms with E-state index in [0.717, 1.165) is 32.5 Å². The average Bonchev–Trinajstić information content (AvgIpc) is 2.28. The van der Waals surface area contributed by atoms with Crippen LogP contribution >= 0.6 is 0 Å². The Bertz CT molecular complexity index is 222. The maximum Gasteiger partial charge on any atom is 0.236 e. The minimum absolute atomic E-state index is 0.223. The van der Waals surface area contributed by atoms with Crippen molar-refractivity contribution >= 4 is 5.91 Å². The highest BCUT2D eigenvalue weighted by molar-refractivity contribution is 5.78. The standard InChI is InChI=1S/C12H25N3O/c1-10(2)14(3)12(16)9-15-6-4-11(8-13)5-7-15/h10-11H,4-9,13H2,1-3H3. The summed E-state index contributed by atoms with van der Waals surface area (Å²) in [4.78, 5) is 15.9. The van der Waals surface area contributed by atoms with Crippen LogP contribution < -0.4 is 5.73 Å². The van der Waals surface area contributed by atoms with Crippen LogP contribution in [0.15, 0.2) is 0 Å². The molecule has 0 aromatic rings. The lowest BCUT2D eigenvalue weighted by Crippen LogP contribution is -2.44. The maximum atomic E-state index is 11.9. The molecule has 0 saturated carbocycles. The third-order valence-corrected chi connectivity index (χ3v) is 3.57. The molecule has 0 unspecified atom stereocenters. The van der Waals surface area contributed by atoms with Crippen molar-refractivity contribution in [3.8, 4) is 0 Å². The van der Waals surface area contributed by atoms with Crippen LogP contribution in [0.1, 0.15) is 26.7 Å². The first-order chi connectivity index (χ1) is 7.54. The van der Waals surface area contributed by atoms with Gasteiger partial charge in [0.1, 0.15) is 0 Å². The summed E-state index contributed by atoms with van der Waals surface area (Å²) in [5.74, 6) is 0.885. The molecule has 1 fully saturated rings. The van der Waals surface area contributed by atoms with Gasteiger partial charge in [0, 0.05) is 13.1 Å². The van der Waals surface area contributed by atoms with Crippen LogP contribution in [0.5, 0.6) is 0 Å². The smallest absolute Gasteiger partial charge is 0.236 e. The molecular weight excluding hydrogens is 202 g/mol. The molecule has 94 valence electrons. The Labute approximate surface area is 98.8 Å². The summed E-state index contributed by atoms with van der Waals surface area (Å²) < 4.78 is 0. The summed E-state index contributed by atoms with van der Waals surface area (Å²) in [7, 11) is 1.87. The Balaban J connectivity index is 2.31. The van der Waals surface area contributed by atoms with Crippen LogP contribution in [0.4, 0.5) is 0 Å². The third-order valence-electron chi connectivity index (χ3n) is 3.57. The van der Waals surface area contributed by atoms with Gasteiger partial charge in [-0.25, -0.2) is 0 Å². The molecular formula is C12H25N3O. The molecule has 4 heteroatoms. The average molecular weight is 227 g/mol. The van der Waals surface area contributed by atoms with Crippen LogP contribution in [0.25, 0.3) is 0 Å². The van der Waals surface area contributed by atoms with Crippen LogP contribution in [-0.2, 0) is 4.79 Å². The Kier molecular flexibility index (Phi) is 5.22. The molecule has 1 heterocycles. The van der Waals surface area contributed by atoms with Gasteiger partial charge in [-0.05, 0) is 52.2 Å². The maximum absolute atomic E-state index is 11.9. The second-order valence-electron chi connectivity index (χ2n) is 5.05. The molecule has 0 aromatic carbocycles. The van der Waals surface area contributed by atoms with Crippen molar-refractivity contribution in [2.75, 3.05) is 33.2 Å².